The normalized spacial score (nSPS) is 22.2. The third kappa shape index (κ3) is 6.44. The van der Waals surface area contributed by atoms with Crippen LogP contribution in [0.15, 0.2) is 0 Å². The number of methoxy groups -OCH3 is 1. The van der Waals surface area contributed by atoms with E-state index in [4.69, 9.17) is 0 Å². The molecule has 3 heteroatoms. The molecule has 0 radical (unpaired) electrons. The molecule has 0 aromatic carbocycles. The van der Waals surface area contributed by atoms with Crippen LogP contribution in [-0.2, 0) is 14.3 Å². The average Bonchev–Trinajstić information content (AvgIpc) is 3.06. The van der Waals surface area contributed by atoms with Gasteiger partial charge in [-0.25, -0.2) is 0 Å². The van der Waals surface area contributed by atoms with Crippen LogP contribution in [0.25, 0.3) is 0 Å². The Labute approximate surface area is 104 Å². The summed E-state index contributed by atoms with van der Waals surface area (Å²) in [5.41, 5.74) is 0. The fraction of sp³-hybridized carbons (Fsp3) is 0.857. The first kappa shape index (κ1) is 14.2. The second-order valence-corrected chi connectivity index (χ2v) is 5.04. The maximum atomic E-state index is 10.8. The van der Waals surface area contributed by atoms with Gasteiger partial charge in [-0.05, 0) is 24.7 Å². The Hall–Kier alpha value is -0.860. The fourth-order valence-electron chi connectivity index (χ4n) is 2.38. The van der Waals surface area contributed by atoms with Crippen LogP contribution in [0.5, 0.6) is 0 Å². The highest BCUT2D eigenvalue weighted by atomic mass is 16.5. The molecule has 0 aromatic rings. The Morgan fingerprint density at radius 2 is 1.88 bits per heavy atom. The molecule has 0 N–H and O–H groups in total. The van der Waals surface area contributed by atoms with Gasteiger partial charge in [0.2, 0.25) is 0 Å². The molecule has 98 valence electrons. The van der Waals surface area contributed by atoms with Crippen LogP contribution in [0.2, 0.25) is 0 Å². The molecule has 17 heavy (non-hydrogen) atoms. The summed E-state index contributed by atoms with van der Waals surface area (Å²) in [6, 6.07) is 0. The molecule has 0 spiro atoms. The number of hydrogen-bond acceptors (Lipinski definition) is 3. The van der Waals surface area contributed by atoms with E-state index in [1.807, 2.05) is 0 Å². The molecular weight excluding hydrogens is 216 g/mol. The molecule has 1 rings (SSSR count). The van der Waals surface area contributed by atoms with Gasteiger partial charge < -0.3 is 9.53 Å². The number of esters is 1. The average molecular weight is 240 g/mol. The Balaban J connectivity index is 1.79. The molecule has 0 aliphatic heterocycles. The molecule has 0 saturated heterocycles. The summed E-state index contributed by atoms with van der Waals surface area (Å²) >= 11 is 0. The SMILES string of the molecule is COC(=O)CCCCCCCC1CC1CC=O. The Kier molecular flexibility index (Phi) is 6.90. The molecule has 0 bridgehead atoms. The van der Waals surface area contributed by atoms with Crippen molar-refractivity contribution in [2.75, 3.05) is 7.11 Å². The van der Waals surface area contributed by atoms with Crippen molar-refractivity contribution in [3.8, 4) is 0 Å². The first-order valence-electron chi connectivity index (χ1n) is 6.78. The maximum Gasteiger partial charge on any atom is 0.305 e. The smallest absolute Gasteiger partial charge is 0.305 e. The first-order valence-corrected chi connectivity index (χ1v) is 6.78. The van der Waals surface area contributed by atoms with E-state index in [2.05, 4.69) is 4.74 Å². The van der Waals surface area contributed by atoms with Crippen molar-refractivity contribution in [1.29, 1.82) is 0 Å². The molecule has 0 heterocycles. The number of ether oxygens (including phenoxy) is 1. The lowest BCUT2D eigenvalue weighted by atomic mass is 10.1. The predicted molar refractivity (Wildman–Crippen MR) is 66.6 cm³/mol. The Morgan fingerprint density at radius 1 is 1.18 bits per heavy atom. The summed E-state index contributed by atoms with van der Waals surface area (Å²) in [6.07, 6.45) is 10.7. The van der Waals surface area contributed by atoms with Gasteiger partial charge in [0, 0.05) is 12.8 Å². The quantitative estimate of drug-likeness (QED) is 0.335. The van der Waals surface area contributed by atoms with Crippen molar-refractivity contribution in [2.45, 2.75) is 57.8 Å². The van der Waals surface area contributed by atoms with E-state index < -0.39 is 0 Å². The summed E-state index contributed by atoms with van der Waals surface area (Å²) in [7, 11) is 1.44. The molecule has 0 amide bonds. The van der Waals surface area contributed by atoms with E-state index in [0.29, 0.717) is 12.3 Å². The van der Waals surface area contributed by atoms with Crippen molar-refractivity contribution in [2.24, 2.45) is 11.8 Å². The third-order valence-electron chi connectivity index (χ3n) is 3.65. The van der Waals surface area contributed by atoms with Crippen LogP contribution in [0.4, 0.5) is 0 Å². The van der Waals surface area contributed by atoms with E-state index in [-0.39, 0.29) is 5.97 Å². The zero-order valence-electron chi connectivity index (χ0n) is 10.8. The van der Waals surface area contributed by atoms with Gasteiger partial charge >= 0.3 is 5.97 Å². The number of rotatable bonds is 10. The molecule has 0 aromatic heterocycles. The fourth-order valence-corrected chi connectivity index (χ4v) is 2.38. The molecule has 3 nitrogen and oxygen atoms in total. The van der Waals surface area contributed by atoms with E-state index in [0.717, 1.165) is 31.5 Å². The van der Waals surface area contributed by atoms with Crippen LogP contribution >= 0.6 is 0 Å². The molecule has 1 aliphatic rings. The minimum absolute atomic E-state index is 0.0975. The lowest BCUT2D eigenvalue weighted by Gasteiger charge is -2.01. The van der Waals surface area contributed by atoms with Gasteiger partial charge in [0.15, 0.2) is 0 Å². The first-order chi connectivity index (χ1) is 8.27. The summed E-state index contributed by atoms with van der Waals surface area (Å²) in [5, 5.41) is 0. The highest BCUT2D eigenvalue weighted by Gasteiger charge is 2.35. The van der Waals surface area contributed by atoms with Gasteiger partial charge in [-0.15, -0.1) is 0 Å². The predicted octanol–water partition coefficient (Wildman–Crippen LogP) is 3.12. The molecule has 1 fully saturated rings. The zero-order chi connectivity index (χ0) is 12.5. The number of carbonyl (C=O) groups is 2. The molecular formula is C14H24O3. The minimum atomic E-state index is -0.0975. The molecule has 1 aliphatic carbocycles. The summed E-state index contributed by atoms with van der Waals surface area (Å²) in [5.74, 6) is 1.43. The topological polar surface area (TPSA) is 43.4 Å². The zero-order valence-corrected chi connectivity index (χ0v) is 10.8. The molecule has 1 saturated carbocycles. The van der Waals surface area contributed by atoms with Crippen molar-refractivity contribution in [1.82, 2.24) is 0 Å². The van der Waals surface area contributed by atoms with Gasteiger partial charge in [0.25, 0.3) is 0 Å². The Morgan fingerprint density at radius 3 is 2.59 bits per heavy atom. The van der Waals surface area contributed by atoms with Crippen molar-refractivity contribution in [3.05, 3.63) is 0 Å². The van der Waals surface area contributed by atoms with Crippen LogP contribution in [0.3, 0.4) is 0 Å². The van der Waals surface area contributed by atoms with Gasteiger partial charge in [0.1, 0.15) is 6.29 Å². The van der Waals surface area contributed by atoms with Crippen molar-refractivity contribution < 1.29 is 14.3 Å². The summed E-state index contributed by atoms with van der Waals surface area (Å²) in [4.78, 5) is 21.1. The van der Waals surface area contributed by atoms with Crippen LogP contribution in [0, 0.1) is 11.8 Å². The van der Waals surface area contributed by atoms with Crippen molar-refractivity contribution >= 4 is 12.3 Å². The van der Waals surface area contributed by atoms with E-state index >= 15 is 0 Å². The van der Waals surface area contributed by atoms with Gasteiger partial charge in [-0.3, -0.25) is 4.79 Å². The number of carbonyl (C=O) groups excluding carboxylic acids is 2. The third-order valence-corrected chi connectivity index (χ3v) is 3.65. The van der Waals surface area contributed by atoms with Crippen LogP contribution in [-0.4, -0.2) is 19.4 Å². The lowest BCUT2D eigenvalue weighted by Crippen LogP contribution is -1.99. The largest absolute Gasteiger partial charge is 0.469 e. The monoisotopic (exact) mass is 240 g/mol. The van der Waals surface area contributed by atoms with Crippen LogP contribution in [0.1, 0.15) is 57.8 Å². The standard InChI is InChI=1S/C14H24O3/c1-17-14(16)8-6-4-2-3-5-7-12-11-13(12)9-10-15/h10,12-13H,2-9,11H2,1H3. The Bertz CT molecular complexity index is 238. The van der Waals surface area contributed by atoms with Crippen molar-refractivity contribution in [3.63, 3.8) is 0 Å². The van der Waals surface area contributed by atoms with Crippen LogP contribution < -0.4 is 0 Å². The lowest BCUT2D eigenvalue weighted by molar-refractivity contribution is -0.140. The maximum absolute atomic E-state index is 10.8. The highest BCUT2D eigenvalue weighted by Crippen LogP contribution is 2.44. The van der Waals surface area contributed by atoms with Gasteiger partial charge in [0.05, 0.1) is 7.11 Å². The summed E-state index contributed by atoms with van der Waals surface area (Å²) in [6.45, 7) is 0. The number of unbranched alkanes of at least 4 members (excludes halogenated alkanes) is 4. The summed E-state index contributed by atoms with van der Waals surface area (Å²) < 4.78 is 4.58. The minimum Gasteiger partial charge on any atom is -0.469 e. The van der Waals surface area contributed by atoms with E-state index in [1.54, 1.807) is 0 Å². The second-order valence-electron chi connectivity index (χ2n) is 5.04. The number of aldehydes is 1. The second kappa shape index (κ2) is 8.26. The van der Waals surface area contributed by atoms with E-state index in [1.165, 1.54) is 39.2 Å². The number of hydrogen-bond donors (Lipinski definition) is 0. The molecule has 2 unspecified atom stereocenters. The van der Waals surface area contributed by atoms with E-state index in [9.17, 15) is 9.59 Å². The van der Waals surface area contributed by atoms with Gasteiger partial charge in [-0.2, -0.15) is 0 Å². The highest BCUT2D eigenvalue weighted by molar-refractivity contribution is 5.68. The van der Waals surface area contributed by atoms with Gasteiger partial charge in [-0.1, -0.05) is 32.1 Å². The molecule has 2 atom stereocenters.